The Kier molecular flexibility index (Phi) is 5.97. The summed E-state index contributed by atoms with van der Waals surface area (Å²) in [6, 6.07) is 16.2. The van der Waals surface area contributed by atoms with Gasteiger partial charge < -0.3 is 19.4 Å². The van der Waals surface area contributed by atoms with Gasteiger partial charge in [-0.15, -0.1) is 5.10 Å². The summed E-state index contributed by atoms with van der Waals surface area (Å²) >= 11 is 0. The van der Waals surface area contributed by atoms with Crippen molar-refractivity contribution in [3.8, 4) is 17.2 Å². The maximum Gasteiger partial charge on any atom is 0.318 e. The van der Waals surface area contributed by atoms with E-state index in [-0.39, 0.29) is 11.8 Å². The van der Waals surface area contributed by atoms with E-state index in [2.05, 4.69) is 34.6 Å². The van der Waals surface area contributed by atoms with Gasteiger partial charge in [-0.1, -0.05) is 34.9 Å². The number of piperidine rings is 1. The minimum Gasteiger partial charge on any atom is -0.497 e. The van der Waals surface area contributed by atoms with Crippen LogP contribution in [0, 0.1) is 12.8 Å². The first-order valence-corrected chi connectivity index (χ1v) is 10.2. The molecule has 1 saturated heterocycles. The highest BCUT2D eigenvalue weighted by molar-refractivity contribution is 5.79. The highest BCUT2D eigenvalue weighted by Gasteiger charge is 2.27. The summed E-state index contributed by atoms with van der Waals surface area (Å²) in [4.78, 5) is 14.6. The quantitative estimate of drug-likeness (QED) is 0.674. The highest BCUT2D eigenvalue weighted by atomic mass is 16.5. The number of carbonyl (C=O) groups excluding carboxylic acids is 1. The predicted octanol–water partition coefficient (Wildman–Crippen LogP) is 3.59. The number of aryl methyl sites for hydroxylation is 1. The predicted molar refractivity (Wildman–Crippen MR) is 114 cm³/mol. The lowest BCUT2D eigenvalue weighted by atomic mass is 9.96. The van der Waals surface area contributed by atoms with E-state index in [1.807, 2.05) is 41.3 Å². The topological polar surface area (TPSA) is 80.5 Å². The van der Waals surface area contributed by atoms with Crippen molar-refractivity contribution in [3.05, 3.63) is 59.7 Å². The van der Waals surface area contributed by atoms with Gasteiger partial charge in [0.1, 0.15) is 5.75 Å². The molecule has 0 radical (unpaired) electrons. The van der Waals surface area contributed by atoms with Crippen LogP contribution in [0.3, 0.4) is 0 Å². The summed E-state index contributed by atoms with van der Waals surface area (Å²) < 4.78 is 11.0. The van der Waals surface area contributed by atoms with Crippen molar-refractivity contribution in [1.82, 2.24) is 15.5 Å². The Hall–Kier alpha value is -3.35. The Balaban J connectivity index is 1.30. The smallest absolute Gasteiger partial charge is 0.318 e. The molecule has 0 atom stereocenters. The van der Waals surface area contributed by atoms with Crippen molar-refractivity contribution < 1.29 is 13.9 Å². The fraction of sp³-hybridized carbons (Fsp3) is 0.348. The van der Waals surface area contributed by atoms with Crippen LogP contribution in [0.25, 0.3) is 11.5 Å². The van der Waals surface area contributed by atoms with E-state index >= 15 is 0 Å². The molecule has 7 heteroatoms. The Morgan fingerprint density at radius 3 is 2.63 bits per heavy atom. The number of anilines is 1. The molecule has 2 aromatic carbocycles. The average Bonchev–Trinajstić information content (AvgIpc) is 3.28. The van der Waals surface area contributed by atoms with Gasteiger partial charge in [-0.25, -0.2) is 0 Å². The Morgan fingerprint density at radius 1 is 1.17 bits per heavy atom. The average molecular weight is 406 g/mol. The number of aromatic nitrogens is 2. The van der Waals surface area contributed by atoms with E-state index in [0.29, 0.717) is 31.5 Å². The van der Waals surface area contributed by atoms with Crippen LogP contribution in [-0.2, 0) is 11.3 Å². The normalized spacial score (nSPS) is 14.5. The van der Waals surface area contributed by atoms with E-state index in [1.165, 1.54) is 5.56 Å². The summed E-state index contributed by atoms with van der Waals surface area (Å²) in [5.41, 5.74) is 3.17. The summed E-state index contributed by atoms with van der Waals surface area (Å²) in [7, 11) is 1.63. The first-order chi connectivity index (χ1) is 14.6. The van der Waals surface area contributed by atoms with Gasteiger partial charge in [0, 0.05) is 31.1 Å². The molecule has 1 N–H and O–H groups in total. The van der Waals surface area contributed by atoms with Gasteiger partial charge in [-0.3, -0.25) is 4.79 Å². The van der Waals surface area contributed by atoms with Gasteiger partial charge >= 0.3 is 6.01 Å². The van der Waals surface area contributed by atoms with Crippen molar-refractivity contribution in [3.63, 3.8) is 0 Å². The zero-order valence-electron chi connectivity index (χ0n) is 17.3. The van der Waals surface area contributed by atoms with E-state index < -0.39 is 0 Å². The van der Waals surface area contributed by atoms with Crippen LogP contribution in [0.15, 0.2) is 52.9 Å². The van der Waals surface area contributed by atoms with Crippen LogP contribution in [0.1, 0.15) is 24.0 Å². The van der Waals surface area contributed by atoms with Crippen LogP contribution in [0.5, 0.6) is 5.75 Å². The van der Waals surface area contributed by atoms with E-state index in [0.717, 1.165) is 29.7 Å². The summed E-state index contributed by atoms with van der Waals surface area (Å²) in [5.74, 6) is 1.38. The summed E-state index contributed by atoms with van der Waals surface area (Å²) in [5, 5.41) is 11.4. The van der Waals surface area contributed by atoms with Gasteiger partial charge in [0.25, 0.3) is 0 Å². The van der Waals surface area contributed by atoms with E-state index in [4.69, 9.17) is 9.15 Å². The molecule has 0 unspecified atom stereocenters. The number of hydrogen-bond donors (Lipinski definition) is 1. The highest BCUT2D eigenvalue weighted by Crippen LogP contribution is 2.27. The van der Waals surface area contributed by atoms with Crippen molar-refractivity contribution in [1.29, 1.82) is 0 Å². The van der Waals surface area contributed by atoms with Crippen molar-refractivity contribution in [2.45, 2.75) is 26.3 Å². The summed E-state index contributed by atoms with van der Waals surface area (Å²) in [6.45, 7) is 4.05. The lowest BCUT2D eigenvalue weighted by Gasteiger charge is -2.29. The van der Waals surface area contributed by atoms with Gasteiger partial charge in [-0.2, -0.15) is 0 Å². The Bertz CT molecular complexity index is 992. The Labute approximate surface area is 176 Å². The van der Waals surface area contributed by atoms with E-state index in [1.54, 1.807) is 7.11 Å². The number of benzene rings is 2. The van der Waals surface area contributed by atoms with Gasteiger partial charge in [-0.05, 0) is 49.6 Å². The van der Waals surface area contributed by atoms with Gasteiger partial charge in [0.05, 0.1) is 7.11 Å². The van der Waals surface area contributed by atoms with Crippen molar-refractivity contribution in [2.75, 3.05) is 25.1 Å². The molecule has 30 heavy (non-hydrogen) atoms. The molecule has 1 amide bonds. The second-order valence-electron chi connectivity index (χ2n) is 7.59. The first-order valence-electron chi connectivity index (χ1n) is 10.2. The van der Waals surface area contributed by atoms with Crippen molar-refractivity contribution >= 4 is 11.9 Å². The number of methoxy groups -OCH3 is 1. The SMILES string of the molecule is COc1ccc(-c2nnc(N3CCC(C(=O)NCc4cccc(C)c4)CC3)o2)cc1. The number of amides is 1. The second-order valence-corrected chi connectivity index (χ2v) is 7.59. The molecule has 2 heterocycles. The molecular weight excluding hydrogens is 380 g/mol. The number of nitrogens with one attached hydrogen (secondary N) is 1. The number of ether oxygens (including phenoxy) is 1. The molecule has 4 rings (SSSR count). The molecule has 1 aromatic heterocycles. The molecule has 3 aromatic rings. The van der Waals surface area contributed by atoms with Crippen LogP contribution in [0.4, 0.5) is 6.01 Å². The maximum absolute atomic E-state index is 12.5. The zero-order valence-corrected chi connectivity index (χ0v) is 17.3. The number of rotatable bonds is 6. The molecular formula is C23H26N4O3. The molecule has 0 spiro atoms. The minimum atomic E-state index is 0.00930. The van der Waals surface area contributed by atoms with E-state index in [9.17, 15) is 4.79 Å². The second kappa shape index (κ2) is 8.98. The van der Waals surface area contributed by atoms with Crippen LogP contribution < -0.4 is 15.0 Å². The number of carbonyl (C=O) groups is 1. The molecule has 156 valence electrons. The maximum atomic E-state index is 12.5. The molecule has 1 fully saturated rings. The largest absolute Gasteiger partial charge is 0.497 e. The van der Waals surface area contributed by atoms with Crippen LogP contribution >= 0.6 is 0 Å². The standard InChI is InChI=1S/C23H26N4O3/c1-16-4-3-5-17(14-16)15-24-21(28)18-10-12-27(13-11-18)23-26-25-22(30-23)19-6-8-20(29-2)9-7-19/h3-9,14,18H,10-13,15H2,1-2H3,(H,24,28). The molecule has 7 nitrogen and oxygen atoms in total. The molecule has 0 aliphatic carbocycles. The lowest BCUT2D eigenvalue weighted by Crippen LogP contribution is -2.40. The van der Waals surface area contributed by atoms with Crippen LogP contribution in [0.2, 0.25) is 0 Å². The number of nitrogens with zero attached hydrogens (tertiary/aromatic N) is 3. The fourth-order valence-corrected chi connectivity index (χ4v) is 3.68. The monoisotopic (exact) mass is 406 g/mol. The number of hydrogen-bond acceptors (Lipinski definition) is 6. The summed E-state index contributed by atoms with van der Waals surface area (Å²) in [6.07, 6.45) is 1.53. The van der Waals surface area contributed by atoms with Crippen molar-refractivity contribution in [2.24, 2.45) is 5.92 Å². The molecule has 1 aliphatic heterocycles. The molecule has 0 bridgehead atoms. The fourth-order valence-electron chi connectivity index (χ4n) is 3.68. The zero-order chi connectivity index (χ0) is 20.9. The first kappa shape index (κ1) is 19.9. The van der Waals surface area contributed by atoms with Crippen LogP contribution in [-0.4, -0.2) is 36.3 Å². The van der Waals surface area contributed by atoms with Gasteiger partial charge in [0.15, 0.2) is 0 Å². The van der Waals surface area contributed by atoms with Gasteiger partial charge in [0.2, 0.25) is 11.8 Å². The minimum absolute atomic E-state index is 0.00930. The third kappa shape index (κ3) is 4.62. The third-order valence-electron chi connectivity index (χ3n) is 5.44. The molecule has 1 aliphatic rings. The lowest BCUT2D eigenvalue weighted by molar-refractivity contribution is -0.125. The molecule has 0 saturated carbocycles. The Morgan fingerprint density at radius 2 is 1.93 bits per heavy atom. The third-order valence-corrected chi connectivity index (χ3v) is 5.44.